The first-order chi connectivity index (χ1) is 27.1. The third-order valence-corrected chi connectivity index (χ3v) is 8.27. The topological polar surface area (TPSA) is 112 Å². The standard InChI is InChI=1S/C44H49NO10/c1-47-18-21-50-24-27-53-41-31-36(32-42(54-28-25-51-22-19-48-2)43(41)55-29-26-52-23-20-49-3)44(46)45-37-15-12-33(13-16-37)14-17-40-38-10-6-4-8-34(38)30-35-9-5-7-11-39(35)40/h4-13,15-16,30-32H,18-29H2,1-3H3,(H,45,46). The van der Waals surface area contributed by atoms with Crippen molar-refractivity contribution in [1.29, 1.82) is 0 Å². The van der Waals surface area contributed by atoms with E-state index in [4.69, 9.17) is 42.6 Å². The average molecular weight is 752 g/mol. The molecule has 55 heavy (non-hydrogen) atoms. The Morgan fingerprint density at radius 1 is 0.527 bits per heavy atom. The Labute approximate surface area is 322 Å². The predicted molar refractivity (Wildman–Crippen MR) is 213 cm³/mol. The van der Waals surface area contributed by atoms with Crippen LogP contribution in [0.2, 0.25) is 0 Å². The van der Waals surface area contributed by atoms with E-state index in [0.29, 0.717) is 88.0 Å². The number of ether oxygens (including phenoxy) is 9. The highest BCUT2D eigenvalue weighted by Crippen LogP contribution is 2.39. The van der Waals surface area contributed by atoms with Gasteiger partial charge >= 0.3 is 0 Å². The number of amides is 1. The van der Waals surface area contributed by atoms with Crippen molar-refractivity contribution in [2.45, 2.75) is 0 Å². The third-order valence-electron chi connectivity index (χ3n) is 8.27. The van der Waals surface area contributed by atoms with Crippen molar-refractivity contribution in [3.05, 3.63) is 108 Å². The van der Waals surface area contributed by atoms with Crippen molar-refractivity contribution in [3.8, 4) is 29.1 Å². The SMILES string of the molecule is COCCOCCOc1cc(C(=O)Nc2ccc(C#Cc3c4ccccc4cc4ccccc34)cc2)cc(OCCOCCOC)c1OCCOCCOC. The summed E-state index contributed by atoms with van der Waals surface area (Å²) in [6.45, 7) is 4.20. The lowest BCUT2D eigenvalue weighted by molar-refractivity contribution is 0.0468. The van der Waals surface area contributed by atoms with Gasteiger partial charge < -0.3 is 47.9 Å². The van der Waals surface area contributed by atoms with Gasteiger partial charge in [-0.2, -0.15) is 0 Å². The van der Waals surface area contributed by atoms with Crippen molar-refractivity contribution in [1.82, 2.24) is 0 Å². The average Bonchev–Trinajstić information content (AvgIpc) is 3.21. The van der Waals surface area contributed by atoms with Gasteiger partial charge in [0.15, 0.2) is 11.5 Å². The van der Waals surface area contributed by atoms with Gasteiger partial charge in [-0.1, -0.05) is 60.4 Å². The zero-order valence-corrected chi connectivity index (χ0v) is 31.7. The van der Waals surface area contributed by atoms with Gasteiger partial charge in [0, 0.05) is 43.7 Å². The van der Waals surface area contributed by atoms with E-state index in [1.807, 2.05) is 48.5 Å². The van der Waals surface area contributed by atoms with Crippen LogP contribution in [0.5, 0.6) is 17.2 Å². The first-order valence-corrected chi connectivity index (χ1v) is 18.2. The lowest BCUT2D eigenvalue weighted by Gasteiger charge is -2.19. The third kappa shape index (κ3) is 12.7. The second-order valence-corrected chi connectivity index (χ2v) is 12.1. The van der Waals surface area contributed by atoms with Crippen molar-refractivity contribution in [3.63, 3.8) is 0 Å². The molecule has 1 N–H and O–H groups in total. The molecular formula is C44H49NO10. The van der Waals surface area contributed by atoms with Crippen LogP contribution < -0.4 is 19.5 Å². The molecule has 290 valence electrons. The Morgan fingerprint density at radius 2 is 1.00 bits per heavy atom. The van der Waals surface area contributed by atoms with Gasteiger partial charge in [0.1, 0.15) is 19.8 Å². The Hall–Kier alpha value is -5.19. The Kier molecular flexibility index (Phi) is 17.1. The maximum Gasteiger partial charge on any atom is 0.255 e. The number of benzene rings is 5. The molecule has 0 aliphatic rings. The molecule has 0 aromatic heterocycles. The van der Waals surface area contributed by atoms with Gasteiger partial charge in [0.25, 0.3) is 5.91 Å². The fourth-order valence-corrected chi connectivity index (χ4v) is 5.54. The second kappa shape index (κ2) is 22.9. The molecule has 11 heteroatoms. The molecule has 0 aliphatic heterocycles. The number of carbonyl (C=O) groups is 1. The van der Waals surface area contributed by atoms with E-state index in [0.717, 1.165) is 32.7 Å². The Morgan fingerprint density at radius 3 is 1.51 bits per heavy atom. The molecule has 0 spiro atoms. The van der Waals surface area contributed by atoms with E-state index in [2.05, 4.69) is 47.5 Å². The normalized spacial score (nSPS) is 11.0. The quantitative estimate of drug-likeness (QED) is 0.0436. The number of methoxy groups -OCH3 is 3. The molecule has 0 bridgehead atoms. The van der Waals surface area contributed by atoms with E-state index < -0.39 is 0 Å². The highest BCUT2D eigenvalue weighted by atomic mass is 16.6. The van der Waals surface area contributed by atoms with Gasteiger partial charge in [-0.25, -0.2) is 0 Å². The molecular weight excluding hydrogens is 702 g/mol. The molecule has 0 unspecified atom stereocenters. The van der Waals surface area contributed by atoms with Crippen LogP contribution in [-0.2, 0) is 28.4 Å². The van der Waals surface area contributed by atoms with Gasteiger partial charge in [-0.3, -0.25) is 4.79 Å². The largest absolute Gasteiger partial charge is 0.487 e. The highest BCUT2D eigenvalue weighted by molar-refractivity contribution is 6.06. The van der Waals surface area contributed by atoms with Crippen LogP contribution in [0.4, 0.5) is 5.69 Å². The number of hydrogen-bond acceptors (Lipinski definition) is 10. The Bertz CT molecular complexity index is 1910. The molecule has 0 heterocycles. The zero-order valence-electron chi connectivity index (χ0n) is 31.7. The van der Waals surface area contributed by atoms with Crippen molar-refractivity contribution < 1.29 is 47.4 Å². The van der Waals surface area contributed by atoms with E-state index >= 15 is 0 Å². The maximum absolute atomic E-state index is 13.7. The van der Waals surface area contributed by atoms with E-state index in [1.165, 1.54) is 0 Å². The lowest BCUT2D eigenvalue weighted by atomic mass is 9.97. The molecule has 0 radical (unpaired) electrons. The second-order valence-electron chi connectivity index (χ2n) is 12.1. The summed E-state index contributed by atoms with van der Waals surface area (Å²) in [6, 6.07) is 29.4. The minimum Gasteiger partial charge on any atom is -0.487 e. The summed E-state index contributed by atoms with van der Waals surface area (Å²) >= 11 is 0. The van der Waals surface area contributed by atoms with Gasteiger partial charge in [0.2, 0.25) is 5.75 Å². The number of carbonyl (C=O) groups excluding carboxylic acids is 1. The molecule has 5 rings (SSSR count). The molecule has 5 aromatic rings. The highest BCUT2D eigenvalue weighted by Gasteiger charge is 2.20. The molecule has 11 nitrogen and oxygen atoms in total. The maximum atomic E-state index is 13.7. The summed E-state index contributed by atoms with van der Waals surface area (Å²) in [5.74, 6) is 7.36. The lowest BCUT2D eigenvalue weighted by Crippen LogP contribution is -2.16. The predicted octanol–water partition coefficient (Wildman–Crippen LogP) is 6.77. The van der Waals surface area contributed by atoms with Crippen LogP contribution in [0.15, 0.2) is 91.0 Å². The summed E-state index contributed by atoms with van der Waals surface area (Å²) in [4.78, 5) is 13.7. The van der Waals surface area contributed by atoms with Crippen LogP contribution >= 0.6 is 0 Å². The van der Waals surface area contributed by atoms with Crippen molar-refractivity contribution in [2.75, 3.05) is 106 Å². The van der Waals surface area contributed by atoms with E-state index in [-0.39, 0.29) is 25.7 Å². The van der Waals surface area contributed by atoms with Crippen LogP contribution in [-0.4, -0.2) is 107 Å². The van der Waals surface area contributed by atoms with Crippen molar-refractivity contribution in [2.24, 2.45) is 0 Å². The number of hydrogen-bond donors (Lipinski definition) is 1. The summed E-state index contributed by atoms with van der Waals surface area (Å²) in [7, 11) is 4.84. The molecule has 5 aromatic carbocycles. The smallest absolute Gasteiger partial charge is 0.255 e. The zero-order chi connectivity index (χ0) is 38.5. The molecule has 0 saturated heterocycles. The first-order valence-electron chi connectivity index (χ1n) is 18.2. The van der Waals surface area contributed by atoms with Crippen molar-refractivity contribution >= 4 is 33.1 Å². The number of nitrogens with one attached hydrogen (secondary N) is 1. The summed E-state index contributed by atoms with van der Waals surface area (Å²) in [5.41, 5.74) is 2.70. The van der Waals surface area contributed by atoms with Gasteiger partial charge in [-0.05, 0) is 64.0 Å². The molecule has 0 aliphatic carbocycles. The van der Waals surface area contributed by atoms with Crippen LogP contribution in [0.1, 0.15) is 21.5 Å². The minimum absolute atomic E-state index is 0.201. The summed E-state index contributed by atoms with van der Waals surface area (Å²) < 4.78 is 50.3. The van der Waals surface area contributed by atoms with E-state index in [9.17, 15) is 4.79 Å². The molecule has 0 fully saturated rings. The van der Waals surface area contributed by atoms with Crippen LogP contribution in [0.25, 0.3) is 21.5 Å². The fourth-order valence-electron chi connectivity index (χ4n) is 5.54. The van der Waals surface area contributed by atoms with Gasteiger partial charge in [-0.15, -0.1) is 0 Å². The number of rotatable bonds is 23. The minimum atomic E-state index is -0.363. The summed E-state index contributed by atoms with van der Waals surface area (Å²) in [6.07, 6.45) is 0. The molecule has 0 atom stereocenters. The van der Waals surface area contributed by atoms with Gasteiger partial charge in [0.05, 0.1) is 59.5 Å². The van der Waals surface area contributed by atoms with Crippen LogP contribution in [0.3, 0.4) is 0 Å². The molecule has 1 amide bonds. The first kappa shape index (κ1) is 41.0. The molecule has 0 saturated carbocycles. The Balaban J connectivity index is 1.34. The number of fused-ring (bicyclic) bond motifs is 2. The van der Waals surface area contributed by atoms with E-state index in [1.54, 1.807) is 33.5 Å². The fraction of sp³-hybridized carbons (Fsp3) is 0.341. The number of anilines is 1. The summed E-state index contributed by atoms with van der Waals surface area (Å²) in [5, 5.41) is 7.48. The monoisotopic (exact) mass is 751 g/mol. The van der Waals surface area contributed by atoms with Crippen LogP contribution in [0, 0.1) is 11.8 Å².